The third kappa shape index (κ3) is 4.04. The van der Waals surface area contributed by atoms with Crippen LogP contribution in [0.3, 0.4) is 0 Å². The zero-order valence-electron chi connectivity index (χ0n) is 15.9. The van der Waals surface area contributed by atoms with Crippen molar-refractivity contribution in [3.8, 4) is 22.8 Å². The molecule has 1 aromatic heterocycles. The Morgan fingerprint density at radius 3 is 1.88 bits per heavy atom. The predicted octanol–water partition coefficient (Wildman–Crippen LogP) is 5.20. The van der Waals surface area contributed by atoms with Gasteiger partial charge in [-0.15, -0.1) is 0 Å². The first-order chi connectivity index (χ1) is 14.4. The fourth-order valence-electron chi connectivity index (χ4n) is 2.37. The van der Waals surface area contributed by atoms with Gasteiger partial charge in [-0.2, -0.15) is 47.9 Å². The van der Waals surface area contributed by atoms with Gasteiger partial charge in [-0.3, -0.25) is 0 Å². The maximum atomic E-state index is 14.0. The highest BCUT2D eigenvalue weighted by Crippen LogP contribution is 2.55. The summed E-state index contributed by atoms with van der Waals surface area (Å²) in [5, 5.41) is -7.01. The Hall–Kier alpha value is -2.71. The van der Waals surface area contributed by atoms with Crippen molar-refractivity contribution in [3.05, 3.63) is 42.1 Å². The summed E-state index contributed by atoms with van der Waals surface area (Å²) in [7, 11) is -6.24. The number of methoxy groups -OCH3 is 1. The van der Waals surface area contributed by atoms with Gasteiger partial charge in [0.1, 0.15) is 5.69 Å². The molecular weight excluding hydrogens is 485 g/mol. The molecule has 15 heteroatoms. The Morgan fingerprint density at radius 2 is 1.41 bits per heavy atom. The van der Waals surface area contributed by atoms with E-state index in [-0.39, 0.29) is 17.0 Å². The van der Waals surface area contributed by atoms with Crippen molar-refractivity contribution in [2.45, 2.75) is 30.2 Å². The Balaban J connectivity index is 2.62. The number of benzene rings is 1. The number of pyridine rings is 1. The van der Waals surface area contributed by atoms with E-state index >= 15 is 0 Å². The maximum absolute atomic E-state index is 14.0. The van der Waals surface area contributed by atoms with Crippen molar-refractivity contribution in [2.75, 3.05) is 7.11 Å². The summed E-state index contributed by atoms with van der Waals surface area (Å²) in [6, 6.07) is 7.99. The number of hydrogen-bond acceptors (Lipinski definition) is 5. The van der Waals surface area contributed by atoms with Crippen LogP contribution in [-0.2, 0) is 10.1 Å². The zero-order valence-corrected chi connectivity index (χ0v) is 16.7. The van der Waals surface area contributed by atoms with Crippen LogP contribution in [0.4, 0.5) is 39.5 Å². The summed E-state index contributed by atoms with van der Waals surface area (Å²) in [6.45, 7) is 1.20. The van der Waals surface area contributed by atoms with Crippen molar-refractivity contribution < 1.29 is 56.9 Å². The molecule has 0 radical (unpaired) electrons. The fourth-order valence-corrected chi connectivity index (χ4v) is 3.28. The lowest BCUT2D eigenvalue weighted by Crippen LogP contribution is -2.63. The van der Waals surface area contributed by atoms with E-state index in [4.69, 9.17) is 4.74 Å². The van der Waals surface area contributed by atoms with Gasteiger partial charge in [0.15, 0.2) is 11.5 Å². The number of alkyl halides is 9. The Morgan fingerprint density at radius 1 is 0.875 bits per heavy atom. The van der Waals surface area contributed by atoms with Gasteiger partial charge in [0.2, 0.25) is 0 Å². The first-order valence-electron chi connectivity index (χ1n) is 8.16. The highest BCUT2D eigenvalue weighted by molar-refractivity contribution is 7.88. The summed E-state index contributed by atoms with van der Waals surface area (Å²) in [6.07, 6.45) is -7.19. The van der Waals surface area contributed by atoms with E-state index in [1.54, 1.807) is 6.07 Å². The molecule has 2 aromatic rings. The van der Waals surface area contributed by atoms with E-state index in [2.05, 4.69) is 9.17 Å². The van der Waals surface area contributed by atoms with Crippen LogP contribution in [0.15, 0.2) is 36.4 Å². The molecule has 1 aromatic carbocycles. The number of aromatic nitrogens is 1. The lowest BCUT2D eigenvalue weighted by molar-refractivity contribution is -0.382. The molecule has 0 aliphatic heterocycles. The van der Waals surface area contributed by atoms with Gasteiger partial charge < -0.3 is 8.92 Å². The van der Waals surface area contributed by atoms with E-state index in [1.807, 2.05) is 0 Å². The van der Waals surface area contributed by atoms with Crippen molar-refractivity contribution in [2.24, 2.45) is 0 Å². The number of ether oxygens (including phenoxy) is 1. The monoisotopic (exact) mass is 497 g/mol. The highest BCUT2D eigenvalue weighted by Gasteiger charge is 2.86. The third-order valence-electron chi connectivity index (χ3n) is 3.95. The van der Waals surface area contributed by atoms with E-state index in [1.165, 1.54) is 31.2 Å². The van der Waals surface area contributed by atoms with Gasteiger partial charge in [-0.05, 0) is 6.92 Å². The predicted molar refractivity (Wildman–Crippen MR) is 91.4 cm³/mol. The Labute approximate surface area is 174 Å². The summed E-state index contributed by atoms with van der Waals surface area (Å²) in [4.78, 5) is 3.98. The van der Waals surface area contributed by atoms with Gasteiger partial charge >= 0.3 is 33.4 Å². The number of rotatable bonds is 7. The summed E-state index contributed by atoms with van der Waals surface area (Å²) in [5.41, 5.74) is -0.115. The topological polar surface area (TPSA) is 65.5 Å². The Bertz CT molecular complexity index is 1090. The van der Waals surface area contributed by atoms with E-state index in [9.17, 15) is 47.9 Å². The quantitative estimate of drug-likeness (QED) is 0.389. The normalized spacial score (nSPS) is 13.7. The van der Waals surface area contributed by atoms with Crippen LogP contribution in [0.5, 0.6) is 11.5 Å². The molecule has 0 aliphatic rings. The minimum atomic E-state index is -7.42. The third-order valence-corrected chi connectivity index (χ3v) is 5.23. The van der Waals surface area contributed by atoms with Crippen LogP contribution in [0.1, 0.15) is 5.69 Å². The first-order valence-corrected chi connectivity index (χ1v) is 9.56. The zero-order chi connectivity index (χ0) is 24.8. The average molecular weight is 497 g/mol. The molecule has 1 heterocycles. The van der Waals surface area contributed by atoms with E-state index in [0.717, 1.165) is 7.11 Å². The van der Waals surface area contributed by atoms with Crippen LogP contribution >= 0.6 is 0 Å². The fraction of sp³-hybridized carbons (Fsp3) is 0.353. The second kappa shape index (κ2) is 8.01. The summed E-state index contributed by atoms with van der Waals surface area (Å²) in [5.74, 6) is -16.7. The second-order valence-corrected chi connectivity index (χ2v) is 7.80. The molecule has 0 fully saturated rings. The minimum absolute atomic E-state index is 0.120. The lowest BCUT2D eigenvalue weighted by atomic mass is 10.1. The van der Waals surface area contributed by atoms with Crippen molar-refractivity contribution >= 4 is 10.1 Å². The molecule has 5 nitrogen and oxygen atoms in total. The first kappa shape index (κ1) is 25.5. The largest absolute Gasteiger partial charge is 0.491 e. The molecule has 0 aliphatic carbocycles. The number of halogens is 9. The van der Waals surface area contributed by atoms with Crippen LogP contribution in [0.25, 0.3) is 11.3 Å². The summed E-state index contributed by atoms with van der Waals surface area (Å²) < 4.78 is 150. The molecule has 0 saturated carbocycles. The molecule has 0 N–H and O–H groups in total. The SMILES string of the molecule is COc1c(OS(=O)(=O)C(F)(F)C(F)(F)C(F)(F)C(F)(F)F)cc(C)nc1-c1ccccc1. The second-order valence-electron chi connectivity index (χ2n) is 6.21. The van der Waals surface area contributed by atoms with Crippen molar-refractivity contribution in [1.29, 1.82) is 0 Å². The van der Waals surface area contributed by atoms with Gasteiger partial charge in [-0.25, -0.2) is 4.98 Å². The van der Waals surface area contributed by atoms with Crippen LogP contribution in [0.2, 0.25) is 0 Å². The number of hydrogen-bond donors (Lipinski definition) is 0. The van der Waals surface area contributed by atoms with Crippen LogP contribution in [0, 0.1) is 6.92 Å². The number of aryl methyl sites for hydroxylation is 1. The molecule has 32 heavy (non-hydrogen) atoms. The molecule has 0 atom stereocenters. The molecule has 178 valence electrons. The molecule has 0 saturated heterocycles. The lowest BCUT2D eigenvalue weighted by Gasteiger charge is -2.32. The molecule has 0 amide bonds. The summed E-state index contributed by atoms with van der Waals surface area (Å²) >= 11 is 0. The number of nitrogens with zero attached hydrogens (tertiary/aromatic N) is 1. The van der Waals surface area contributed by atoms with Gasteiger partial charge in [0.25, 0.3) is 0 Å². The highest BCUT2D eigenvalue weighted by atomic mass is 32.2. The van der Waals surface area contributed by atoms with Crippen molar-refractivity contribution in [1.82, 2.24) is 4.98 Å². The minimum Gasteiger partial charge on any atom is -0.491 e. The van der Waals surface area contributed by atoms with Gasteiger partial charge in [0, 0.05) is 17.3 Å². The van der Waals surface area contributed by atoms with Gasteiger partial charge in [0.05, 0.1) is 7.11 Å². The van der Waals surface area contributed by atoms with Gasteiger partial charge in [-0.1, -0.05) is 30.3 Å². The van der Waals surface area contributed by atoms with E-state index in [0.29, 0.717) is 6.07 Å². The Kier molecular flexibility index (Phi) is 6.39. The molecule has 0 bridgehead atoms. The van der Waals surface area contributed by atoms with E-state index < -0.39 is 44.9 Å². The maximum Gasteiger partial charge on any atom is 0.460 e. The molecule has 2 rings (SSSR count). The smallest absolute Gasteiger partial charge is 0.460 e. The molecule has 0 spiro atoms. The van der Waals surface area contributed by atoms with Crippen LogP contribution in [-0.4, -0.2) is 43.8 Å². The van der Waals surface area contributed by atoms with Crippen LogP contribution < -0.4 is 8.92 Å². The average Bonchev–Trinajstić information content (AvgIpc) is 2.66. The standard InChI is InChI=1S/C17H12F9NO4S/c1-9-8-11(13(30-2)12(27-9)10-6-4-3-5-7-10)31-32(28,29)17(25,26)15(20,21)14(18,19)16(22,23)24/h3-8H,1-2H3. The molecule has 0 unspecified atom stereocenters. The van der Waals surface area contributed by atoms with Crippen molar-refractivity contribution in [3.63, 3.8) is 0 Å². The molecular formula is C17H12F9NO4S.